The zero-order chi connectivity index (χ0) is 22.5. The van der Waals surface area contributed by atoms with Gasteiger partial charge in [0.1, 0.15) is 0 Å². The molecule has 0 fully saturated rings. The summed E-state index contributed by atoms with van der Waals surface area (Å²) in [4.78, 5) is 0. The maximum Gasteiger partial charge on any atom is 5.00 e. The van der Waals surface area contributed by atoms with Crippen LogP contribution in [0.15, 0.2) is 0 Å². The van der Waals surface area contributed by atoms with Gasteiger partial charge < -0.3 is 0 Å². The minimum absolute atomic E-state index is 0. The summed E-state index contributed by atoms with van der Waals surface area (Å²) in [5, 5.41) is 0. The molecule has 0 aliphatic carbocycles. The van der Waals surface area contributed by atoms with Gasteiger partial charge in [-0.1, -0.05) is 0 Å². The summed E-state index contributed by atoms with van der Waals surface area (Å²) < 4.78 is 172. The van der Waals surface area contributed by atoms with Crippen LogP contribution >= 0.6 is 0 Å². The molecule has 0 aliphatic heterocycles. The van der Waals surface area contributed by atoms with E-state index in [0.717, 1.165) is 0 Å². The summed E-state index contributed by atoms with van der Waals surface area (Å²) in [5.41, 5.74) is 0. The van der Waals surface area contributed by atoms with Crippen LogP contribution in [0, 0.1) is 0 Å². The Labute approximate surface area is 216 Å². The normalized spacial score (nSPS) is 10.5. The van der Waals surface area contributed by atoms with Crippen LogP contribution in [0.3, 0.4) is 0 Å². The third-order valence-electron chi connectivity index (χ3n) is 0. The molecule has 0 heterocycles. The van der Waals surface area contributed by atoms with E-state index >= 15 is 0 Å². The van der Waals surface area contributed by atoms with Crippen molar-refractivity contribution in [1.82, 2.24) is 0 Å². The second kappa shape index (κ2) is 23.6. The Hall–Kier alpha value is 3.41. The van der Waals surface area contributed by atoms with Crippen molar-refractivity contribution < 1.29 is 147 Å². The third-order valence-corrected chi connectivity index (χ3v) is 0. The second-order valence-corrected chi connectivity index (χ2v) is 11.6. The first kappa shape index (κ1) is 53.0. The molecule has 28 heavy (non-hydrogen) atoms. The SMILES string of the molecule is O=[As]([O-])([O-])[O-].O=[As]([O-])([O-])[O-].O=[As]([O-])([O-])[O-].O=[As]([O-])([O-])[O-].O=[As]([O-])([O-])[O-].[Nb+5].[Nb+5].[Nb+5]. The topological polar surface area (TPSA) is 431 Å². The molecule has 0 unspecified atom stereocenters. The van der Waals surface area contributed by atoms with Crippen LogP contribution in [-0.4, -0.2) is 72.6 Å². The minimum atomic E-state index is -5.88. The van der Waals surface area contributed by atoms with E-state index in [0.29, 0.717) is 0 Å². The summed E-state index contributed by atoms with van der Waals surface area (Å²) in [6.45, 7) is 0. The molecule has 28 heteroatoms. The smallest absolute Gasteiger partial charge is 5.00 e. The molecule has 0 saturated carbocycles. The zero-order valence-electron chi connectivity index (χ0n) is 11.7. The van der Waals surface area contributed by atoms with Crippen LogP contribution in [0.1, 0.15) is 0 Å². The van der Waals surface area contributed by atoms with Gasteiger partial charge in [-0.15, -0.1) is 0 Å². The van der Waals surface area contributed by atoms with Gasteiger partial charge >= 0.3 is 220 Å². The summed E-state index contributed by atoms with van der Waals surface area (Å²) in [6, 6.07) is 0. The fourth-order valence-corrected chi connectivity index (χ4v) is 0. The third kappa shape index (κ3) is 2040. The van der Waals surface area contributed by atoms with Crippen LogP contribution in [0.5, 0.6) is 0 Å². The Kier molecular flexibility index (Phi) is 44.6. The van der Waals surface area contributed by atoms with Gasteiger partial charge in [-0.05, 0) is 0 Å². The number of hydrogen-bond donors (Lipinski definition) is 0. The first-order valence-corrected chi connectivity index (χ1v) is 19.0. The molecular weight excluding hydrogens is 973 g/mol. The van der Waals surface area contributed by atoms with Gasteiger partial charge in [0.05, 0.1) is 0 Å². The molecule has 0 aliphatic rings. The van der Waals surface area contributed by atoms with Crippen molar-refractivity contribution in [2.75, 3.05) is 0 Å². The number of hydrogen-bond acceptors (Lipinski definition) is 20. The Bertz CT molecular complexity index is 379. The zero-order valence-corrected chi connectivity index (χ0v) is 27.7. The van der Waals surface area contributed by atoms with E-state index in [2.05, 4.69) is 0 Å². The van der Waals surface area contributed by atoms with Crippen LogP contribution in [0.25, 0.3) is 0 Å². The van der Waals surface area contributed by atoms with Crippen molar-refractivity contribution in [2.24, 2.45) is 0 Å². The maximum atomic E-state index is 8.61. The fourth-order valence-electron chi connectivity index (χ4n) is 0. The summed E-state index contributed by atoms with van der Waals surface area (Å²) in [7, 11) is 0. The first-order valence-electron chi connectivity index (χ1n) is 3.65. The van der Waals surface area contributed by atoms with E-state index in [1.807, 2.05) is 0 Å². The van der Waals surface area contributed by atoms with Crippen LogP contribution < -0.4 is 61.4 Å². The van der Waals surface area contributed by atoms with Crippen LogP contribution in [-0.2, 0) is 85.8 Å². The van der Waals surface area contributed by atoms with Gasteiger partial charge in [0.25, 0.3) is 0 Å². The molecule has 160 valence electrons. The van der Waals surface area contributed by atoms with Crippen LogP contribution in [0.2, 0.25) is 0 Å². The van der Waals surface area contributed by atoms with Crippen LogP contribution in [0.4, 0.5) is 0 Å². The van der Waals surface area contributed by atoms with Crippen molar-refractivity contribution in [1.29, 1.82) is 0 Å². The fraction of sp³-hybridized carbons (Fsp3) is 0. The molecule has 0 aromatic carbocycles. The molecule has 0 aromatic heterocycles. The predicted molar refractivity (Wildman–Crippen MR) is 32.2 cm³/mol. The molecule has 0 saturated heterocycles. The van der Waals surface area contributed by atoms with Gasteiger partial charge in [0, 0.05) is 0 Å². The molecule has 0 radical (unpaired) electrons. The molecule has 0 bridgehead atoms. The Morgan fingerprint density at radius 2 is 0.250 bits per heavy atom. The van der Waals surface area contributed by atoms with Crippen molar-refractivity contribution in [3.8, 4) is 0 Å². The van der Waals surface area contributed by atoms with Gasteiger partial charge in [-0.2, -0.15) is 0 Å². The molecule has 0 atom stereocenters. The van der Waals surface area contributed by atoms with E-state index < -0.39 is 72.6 Å². The molecule has 0 spiro atoms. The predicted octanol–water partition coefficient (Wildman–Crippen LogP) is -20.3. The average molecular weight is 973 g/mol. The van der Waals surface area contributed by atoms with E-state index in [9.17, 15) is 0 Å². The Balaban J connectivity index is -0.0000000290. The van der Waals surface area contributed by atoms with E-state index in [4.69, 9.17) is 80.1 Å². The average Bonchev–Trinajstić information content (AvgIpc) is 1.79. The number of rotatable bonds is 0. The van der Waals surface area contributed by atoms with Crippen molar-refractivity contribution in [2.45, 2.75) is 0 Å². The van der Waals surface area contributed by atoms with Gasteiger partial charge in [-0.25, -0.2) is 0 Å². The summed E-state index contributed by atoms with van der Waals surface area (Å²) >= 11 is -29.4. The molecule has 0 N–H and O–H groups in total. The monoisotopic (exact) mass is 973 g/mol. The Morgan fingerprint density at radius 3 is 0.250 bits per heavy atom. The van der Waals surface area contributed by atoms with E-state index in [-0.39, 0.29) is 67.1 Å². The Morgan fingerprint density at radius 1 is 0.250 bits per heavy atom. The summed E-state index contributed by atoms with van der Waals surface area (Å²) in [6.07, 6.45) is 0. The quantitative estimate of drug-likeness (QED) is 0.203. The minimum Gasteiger partial charge on any atom is 5.00 e. The van der Waals surface area contributed by atoms with E-state index in [1.165, 1.54) is 0 Å². The largest absolute Gasteiger partial charge is 5.00 e. The molecule has 0 aromatic rings. The first-order chi connectivity index (χ1) is 10.0. The molecular formula is As5Nb3O20. The van der Waals surface area contributed by atoms with Crippen molar-refractivity contribution in [3.05, 3.63) is 0 Å². The second-order valence-electron chi connectivity index (χ2n) is 2.24. The molecule has 20 nitrogen and oxygen atoms in total. The van der Waals surface area contributed by atoms with Gasteiger partial charge in [0.2, 0.25) is 0 Å². The standard InChI is InChI=1S/5AsH3O4.3Nb/c5*2-1(3,4)5;;;/h5*(H3,2,3,4,5);;;/q;;;;;3*+5/p-15. The van der Waals surface area contributed by atoms with Crippen molar-refractivity contribution >= 4 is 72.6 Å². The van der Waals surface area contributed by atoms with Gasteiger partial charge in [0.15, 0.2) is 0 Å². The maximum absolute atomic E-state index is 8.61. The van der Waals surface area contributed by atoms with Crippen molar-refractivity contribution in [3.63, 3.8) is 0 Å². The summed E-state index contributed by atoms with van der Waals surface area (Å²) in [5.74, 6) is 0. The van der Waals surface area contributed by atoms with Gasteiger partial charge in [-0.3, -0.25) is 0 Å². The molecule has 0 amide bonds. The van der Waals surface area contributed by atoms with E-state index in [1.54, 1.807) is 0 Å². The molecule has 0 rings (SSSR count).